The molecule has 1 aliphatic rings. The molecule has 1 saturated carbocycles. The molecular weight excluding hydrogens is 210 g/mol. The van der Waals surface area contributed by atoms with Gasteiger partial charge in [-0.25, -0.2) is 0 Å². The van der Waals surface area contributed by atoms with E-state index >= 15 is 0 Å². The molecule has 0 aromatic carbocycles. The molecular formula is C15H31NO. The van der Waals surface area contributed by atoms with Gasteiger partial charge in [0.25, 0.3) is 0 Å². The molecule has 1 rings (SSSR count). The number of nitrogens with one attached hydrogen (secondary N) is 1. The fourth-order valence-electron chi connectivity index (χ4n) is 3.07. The first-order valence-electron chi connectivity index (χ1n) is 7.28. The van der Waals surface area contributed by atoms with E-state index < -0.39 is 0 Å². The molecule has 102 valence electrons. The van der Waals surface area contributed by atoms with Crippen molar-refractivity contribution in [3.05, 3.63) is 0 Å². The fraction of sp³-hybridized carbons (Fsp3) is 1.00. The van der Waals surface area contributed by atoms with Crippen LogP contribution in [0.2, 0.25) is 0 Å². The summed E-state index contributed by atoms with van der Waals surface area (Å²) in [7, 11) is 1.78. The standard InChI is InChI=1S/C15H31NO/c1-15(2,3)13-9-5-6-10-14(13)16-11-7-8-12-17-4/h13-14,16H,5-12H2,1-4H3. The van der Waals surface area contributed by atoms with E-state index in [1.807, 2.05) is 0 Å². The van der Waals surface area contributed by atoms with Crippen molar-refractivity contribution < 1.29 is 4.74 Å². The van der Waals surface area contributed by atoms with Gasteiger partial charge in [-0.2, -0.15) is 0 Å². The van der Waals surface area contributed by atoms with Crippen LogP contribution in [0.3, 0.4) is 0 Å². The highest BCUT2D eigenvalue weighted by Gasteiger charge is 2.33. The third kappa shape index (κ3) is 5.39. The van der Waals surface area contributed by atoms with E-state index in [2.05, 4.69) is 26.1 Å². The van der Waals surface area contributed by atoms with Gasteiger partial charge in [-0.05, 0) is 43.6 Å². The minimum atomic E-state index is 0.449. The van der Waals surface area contributed by atoms with Gasteiger partial charge in [0.1, 0.15) is 0 Å². The van der Waals surface area contributed by atoms with Crippen molar-refractivity contribution in [2.75, 3.05) is 20.3 Å². The molecule has 0 saturated heterocycles. The molecule has 2 nitrogen and oxygen atoms in total. The van der Waals surface area contributed by atoms with Gasteiger partial charge in [0, 0.05) is 19.8 Å². The lowest BCUT2D eigenvalue weighted by Crippen LogP contribution is -2.44. The van der Waals surface area contributed by atoms with Crippen LogP contribution in [0.15, 0.2) is 0 Å². The lowest BCUT2D eigenvalue weighted by molar-refractivity contribution is 0.130. The third-order valence-electron chi connectivity index (χ3n) is 4.06. The van der Waals surface area contributed by atoms with E-state index in [4.69, 9.17) is 4.74 Å². The van der Waals surface area contributed by atoms with Crippen molar-refractivity contribution in [1.29, 1.82) is 0 Å². The Labute approximate surface area is 108 Å². The Kier molecular flexibility index (Phi) is 6.50. The Hall–Kier alpha value is -0.0800. The zero-order valence-corrected chi connectivity index (χ0v) is 12.2. The maximum Gasteiger partial charge on any atom is 0.0462 e. The van der Waals surface area contributed by atoms with E-state index in [0.29, 0.717) is 5.41 Å². The molecule has 0 radical (unpaired) electrons. The van der Waals surface area contributed by atoms with E-state index in [1.165, 1.54) is 38.5 Å². The molecule has 0 aromatic heterocycles. The van der Waals surface area contributed by atoms with Crippen LogP contribution in [-0.4, -0.2) is 26.3 Å². The van der Waals surface area contributed by atoms with Gasteiger partial charge in [0.15, 0.2) is 0 Å². The molecule has 2 unspecified atom stereocenters. The molecule has 0 amide bonds. The SMILES string of the molecule is COCCCCNC1CCCCC1C(C)(C)C. The number of methoxy groups -OCH3 is 1. The van der Waals surface area contributed by atoms with E-state index in [-0.39, 0.29) is 0 Å². The van der Waals surface area contributed by atoms with Gasteiger partial charge >= 0.3 is 0 Å². The van der Waals surface area contributed by atoms with Crippen molar-refractivity contribution in [3.63, 3.8) is 0 Å². The largest absolute Gasteiger partial charge is 0.385 e. The van der Waals surface area contributed by atoms with E-state index in [1.54, 1.807) is 7.11 Å². The number of hydrogen-bond acceptors (Lipinski definition) is 2. The van der Waals surface area contributed by atoms with Gasteiger partial charge < -0.3 is 10.1 Å². The smallest absolute Gasteiger partial charge is 0.0462 e. The van der Waals surface area contributed by atoms with Crippen LogP contribution in [-0.2, 0) is 4.74 Å². The summed E-state index contributed by atoms with van der Waals surface area (Å²) in [4.78, 5) is 0. The molecule has 1 aliphatic carbocycles. The molecule has 2 atom stereocenters. The summed E-state index contributed by atoms with van der Waals surface area (Å²) in [6, 6.07) is 0.742. The summed E-state index contributed by atoms with van der Waals surface area (Å²) in [5.74, 6) is 0.846. The lowest BCUT2D eigenvalue weighted by atomic mass is 9.69. The van der Waals surface area contributed by atoms with Crippen LogP contribution in [0.5, 0.6) is 0 Å². The average molecular weight is 241 g/mol. The first-order chi connectivity index (χ1) is 8.05. The molecule has 0 aliphatic heterocycles. The molecule has 17 heavy (non-hydrogen) atoms. The minimum absolute atomic E-state index is 0.449. The van der Waals surface area contributed by atoms with Crippen molar-refractivity contribution in [2.45, 2.75) is 65.3 Å². The number of ether oxygens (including phenoxy) is 1. The zero-order valence-electron chi connectivity index (χ0n) is 12.2. The van der Waals surface area contributed by atoms with Crippen molar-refractivity contribution >= 4 is 0 Å². The molecule has 0 aromatic rings. The summed E-state index contributed by atoms with van der Waals surface area (Å²) in [6.45, 7) is 9.23. The summed E-state index contributed by atoms with van der Waals surface area (Å²) < 4.78 is 5.08. The Bertz CT molecular complexity index is 198. The lowest BCUT2D eigenvalue weighted by Gasteiger charge is -2.41. The van der Waals surface area contributed by atoms with Crippen LogP contribution in [0.25, 0.3) is 0 Å². The summed E-state index contributed by atoms with van der Waals surface area (Å²) in [5, 5.41) is 3.78. The van der Waals surface area contributed by atoms with Crippen LogP contribution in [0.1, 0.15) is 59.3 Å². The van der Waals surface area contributed by atoms with Crippen LogP contribution in [0.4, 0.5) is 0 Å². The van der Waals surface area contributed by atoms with Gasteiger partial charge in [-0.15, -0.1) is 0 Å². The van der Waals surface area contributed by atoms with Crippen LogP contribution >= 0.6 is 0 Å². The van der Waals surface area contributed by atoms with Crippen LogP contribution in [0, 0.1) is 11.3 Å². The van der Waals surface area contributed by atoms with E-state index in [0.717, 1.165) is 25.1 Å². The minimum Gasteiger partial charge on any atom is -0.385 e. The summed E-state index contributed by atoms with van der Waals surface area (Å²) in [5.41, 5.74) is 0.449. The summed E-state index contributed by atoms with van der Waals surface area (Å²) in [6.07, 6.45) is 8.01. The van der Waals surface area contributed by atoms with Crippen molar-refractivity contribution in [1.82, 2.24) is 5.32 Å². The number of hydrogen-bond donors (Lipinski definition) is 1. The monoisotopic (exact) mass is 241 g/mol. The van der Waals surface area contributed by atoms with Gasteiger partial charge in [-0.1, -0.05) is 33.6 Å². The maximum atomic E-state index is 5.08. The zero-order chi connectivity index (χ0) is 12.7. The highest BCUT2D eigenvalue weighted by molar-refractivity contribution is 4.88. The highest BCUT2D eigenvalue weighted by atomic mass is 16.5. The second-order valence-corrected chi connectivity index (χ2v) is 6.52. The van der Waals surface area contributed by atoms with Gasteiger partial charge in [0.05, 0.1) is 0 Å². The van der Waals surface area contributed by atoms with Crippen molar-refractivity contribution in [2.24, 2.45) is 11.3 Å². The molecule has 1 N–H and O–H groups in total. The van der Waals surface area contributed by atoms with E-state index in [9.17, 15) is 0 Å². The Morgan fingerprint density at radius 1 is 1.12 bits per heavy atom. The quantitative estimate of drug-likeness (QED) is 0.717. The second-order valence-electron chi connectivity index (χ2n) is 6.52. The second kappa shape index (κ2) is 7.38. The molecule has 0 bridgehead atoms. The fourth-order valence-corrected chi connectivity index (χ4v) is 3.07. The van der Waals surface area contributed by atoms with Crippen molar-refractivity contribution in [3.8, 4) is 0 Å². The first-order valence-corrected chi connectivity index (χ1v) is 7.28. The first kappa shape index (κ1) is 15.0. The molecule has 0 heterocycles. The van der Waals surface area contributed by atoms with Gasteiger partial charge in [-0.3, -0.25) is 0 Å². The third-order valence-corrected chi connectivity index (χ3v) is 4.06. The molecule has 1 fully saturated rings. The highest BCUT2D eigenvalue weighted by Crippen LogP contribution is 2.37. The van der Waals surface area contributed by atoms with Gasteiger partial charge in [0.2, 0.25) is 0 Å². The number of unbranched alkanes of at least 4 members (excludes halogenated alkanes) is 1. The normalized spacial score (nSPS) is 26.1. The Morgan fingerprint density at radius 3 is 2.47 bits per heavy atom. The average Bonchev–Trinajstić information content (AvgIpc) is 2.28. The Balaban J connectivity index is 2.28. The molecule has 0 spiro atoms. The molecule has 2 heteroatoms. The maximum absolute atomic E-state index is 5.08. The predicted molar refractivity (Wildman–Crippen MR) is 74.3 cm³/mol. The topological polar surface area (TPSA) is 21.3 Å². The van der Waals surface area contributed by atoms with Crippen LogP contribution < -0.4 is 5.32 Å². The number of rotatable bonds is 6. The predicted octanol–water partition coefficient (Wildman–Crippen LogP) is 3.61. The Morgan fingerprint density at radius 2 is 1.82 bits per heavy atom. The summed E-state index contributed by atoms with van der Waals surface area (Å²) >= 11 is 0.